The molecular formula is C24H25N3O7S. The number of ether oxygens (including phenoxy) is 2. The molecule has 0 unspecified atom stereocenters. The lowest BCUT2D eigenvalue weighted by Crippen LogP contribution is -2.26. The number of carbonyl (C=O) groups excluding carboxylic acids is 1. The highest BCUT2D eigenvalue weighted by Gasteiger charge is 2.21. The minimum atomic E-state index is -3.79. The van der Waals surface area contributed by atoms with E-state index in [1.165, 1.54) is 31.3 Å². The van der Waals surface area contributed by atoms with Crippen molar-refractivity contribution in [2.24, 2.45) is 0 Å². The molecule has 3 rings (SSSR count). The van der Waals surface area contributed by atoms with Crippen LogP contribution in [0, 0.1) is 17.0 Å². The van der Waals surface area contributed by atoms with E-state index in [1.54, 1.807) is 49.4 Å². The molecule has 3 aromatic rings. The van der Waals surface area contributed by atoms with Crippen molar-refractivity contribution in [1.82, 2.24) is 0 Å². The second-order valence-electron chi connectivity index (χ2n) is 7.41. The zero-order chi connectivity index (χ0) is 25.6. The van der Waals surface area contributed by atoms with E-state index in [2.05, 4.69) is 5.32 Å². The van der Waals surface area contributed by atoms with Crippen LogP contribution in [0.5, 0.6) is 11.5 Å². The topological polar surface area (TPSA) is 128 Å². The van der Waals surface area contributed by atoms with Crippen molar-refractivity contribution in [2.45, 2.75) is 18.7 Å². The first-order valence-corrected chi connectivity index (χ1v) is 12.1. The highest BCUT2D eigenvalue weighted by atomic mass is 32.2. The molecule has 0 saturated carbocycles. The summed E-state index contributed by atoms with van der Waals surface area (Å²) in [5.41, 5.74) is 0.975. The van der Waals surface area contributed by atoms with Crippen LogP contribution in [-0.2, 0) is 14.8 Å². The van der Waals surface area contributed by atoms with Crippen molar-refractivity contribution in [1.29, 1.82) is 0 Å². The Hall–Kier alpha value is -4.12. The number of benzene rings is 3. The second kappa shape index (κ2) is 10.9. The van der Waals surface area contributed by atoms with Crippen LogP contribution in [0.25, 0.3) is 0 Å². The van der Waals surface area contributed by atoms with Crippen LogP contribution in [0.1, 0.15) is 12.5 Å². The van der Waals surface area contributed by atoms with E-state index in [1.807, 2.05) is 6.92 Å². The van der Waals surface area contributed by atoms with Crippen molar-refractivity contribution in [3.05, 3.63) is 82.4 Å². The standard InChI is InChI=1S/C24H25N3O7S/c1-4-33-19-12-14-21(15-13-19)35(31,32)26(3)18-8-10-20(11-9-18)34-16-24(28)25-22-6-5-7-23(17(22)2)27(29)30/h5-15H,4,16H2,1-3H3,(H,25,28). The molecule has 10 nitrogen and oxygen atoms in total. The number of carbonyl (C=O) groups is 1. The maximum Gasteiger partial charge on any atom is 0.274 e. The first-order valence-electron chi connectivity index (χ1n) is 10.6. The lowest BCUT2D eigenvalue weighted by Gasteiger charge is -2.20. The van der Waals surface area contributed by atoms with Gasteiger partial charge in [-0.3, -0.25) is 19.2 Å². The fourth-order valence-corrected chi connectivity index (χ4v) is 4.41. The largest absolute Gasteiger partial charge is 0.494 e. The predicted molar refractivity (Wildman–Crippen MR) is 132 cm³/mol. The van der Waals surface area contributed by atoms with Crippen LogP contribution in [0.4, 0.5) is 17.1 Å². The molecule has 0 aromatic heterocycles. The molecule has 0 saturated heterocycles. The van der Waals surface area contributed by atoms with E-state index < -0.39 is 20.9 Å². The van der Waals surface area contributed by atoms with Crippen molar-refractivity contribution in [3.63, 3.8) is 0 Å². The fourth-order valence-electron chi connectivity index (χ4n) is 3.22. The average Bonchev–Trinajstić information content (AvgIpc) is 2.84. The summed E-state index contributed by atoms with van der Waals surface area (Å²) < 4.78 is 37.8. The van der Waals surface area contributed by atoms with Crippen LogP contribution in [-0.4, -0.2) is 39.5 Å². The van der Waals surface area contributed by atoms with Crippen molar-refractivity contribution in [3.8, 4) is 11.5 Å². The third kappa shape index (κ3) is 6.07. The maximum absolute atomic E-state index is 12.9. The Balaban J connectivity index is 1.62. The second-order valence-corrected chi connectivity index (χ2v) is 9.38. The molecule has 0 heterocycles. The van der Waals surface area contributed by atoms with Crippen LogP contribution in [0.15, 0.2) is 71.6 Å². The Kier molecular flexibility index (Phi) is 7.92. The number of hydrogen-bond donors (Lipinski definition) is 1. The maximum atomic E-state index is 12.9. The minimum Gasteiger partial charge on any atom is -0.494 e. The van der Waals surface area contributed by atoms with Crippen molar-refractivity contribution in [2.75, 3.05) is 29.9 Å². The van der Waals surface area contributed by atoms with E-state index in [4.69, 9.17) is 9.47 Å². The summed E-state index contributed by atoms with van der Waals surface area (Å²) in [6.07, 6.45) is 0. The first-order chi connectivity index (χ1) is 16.6. The normalized spacial score (nSPS) is 10.9. The van der Waals surface area contributed by atoms with Gasteiger partial charge in [-0.1, -0.05) is 6.07 Å². The predicted octanol–water partition coefficient (Wildman–Crippen LogP) is 4.14. The Bertz CT molecular complexity index is 1310. The molecular weight excluding hydrogens is 474 g/mol. The van der Waals surface area contributed by atoms with Gasteiger partial charge in [0.05, 0.1) is 33.4 Å². The smallest absolute Gasteiger partial charge is 0.274 e. The van der Waals surface area contributed by atoms with Gasteiger partial charge in [0.15, 0.2) is 6.61 Å². The van der Waals surface area contributed by atoms with Crippen LogP contribution in [0.2, 0.25) is 0 Å². The van der Waals surface area contributed by atoms with Gasteiger partial charge in [0.1, 0.15) is 11.5 Å². The SMILES string of the molecule is CCOc1ccc(S(=O)(=O)N(C)c2ccc(OCC(=O)Nc3cccc([N+](=O)[O-])c3C)cc2)cc1. The van der Waals surface area contributed by atoms with Gasteiger partial charge >= 0.3 is 0 Å². The monoisotopic (exact) mass is 499 g/mol. The molecule has 0 aliphatic carbocycles. The molecule has 0 aliphatic heterocycles. The number of nitrogens with zero attached hydrogens (tertiary/aromatic N) is 2. The molecule has 35 heavy (non-hydrogen) atoms. The van der Waals surface area contributed by atoms with E-state index in [-0.39, 0.29) is 17.2 Å². The molecule has 1 N–H and O–H groups in total. The number of nitro groups is 1. The number of nitro benzene ring substituents is 1. The van der Waals surface area contributed by atoms with E-state index in [0.29, 0.717) is 35.0 Å². The van der Waals surface area contributed by atoms with E-state index in [0.717, 1.165) is 4.31 Å². The van der Waals surface area contributed by atoms with Crippen LogP contribution < -0.4 is 19.1 Å². The van der Waals surface area contributed by atoms with Crippen molar-refractivity contribution < 1.29 is 27.6 Å². The number of rotatable bonds is 10. The third-order valence-electron chi connectivity index (χ3n) is 5.14. The van der Waals surface area contributed by atoms with Gasteiger partial charge in [-0.2, -0.15) is 0 Å². The van der Waals surface area contributed by atoms with Gasteiger partial charge in [-0.05, 0) is 68.4 Å². The summed E-state index contributed by atoms with van der Waals surface area (Å²) in [6, 6.07) is 16.8. The van der Waals surface area contributed by atoms with Gasteiger partial charge in [0, 0.05) is 13.1 Å². The molecule has 0 radical (unpaired) electrons. The van der Waals surface area contributed by atoms with Gasteiger partial charge in [0.2, 0.25) is 0 Å². The summed E-state index contributed by atoms with van der Waals surface area (Å²) in [4.78, 5) is 22.9. The summed E-state index contributed by atoms with van der Waals surface area (Å²) in [5, 5.41) is 13.6. The van der Waals surface area contributed by atoms with E-state index >= 15 is 0 Å². The molecule has 3 aromatic carbocycles. The zero-order valence-corrected chi connectivity index (χ0v) is 20.2. The number of amides is 1. The molecule has 1 amide bonds. The van der Waals surface area contributed by atoms with Crippen LogP contribution >= 0.6 is 0 Å². The van der Waals surface area contributed by atoms with E-state index in [9.17, 15) is 23.3 Å². The number of nitrogens with one attached hydrogen (secondary N) is 1. The minimum absolute atomic E-state index is 0.0939. The lowest BCUT2D eigenvalue weighted by atomic mass is 10.1. The van der Waals surface area contributed by atoms with Crippen molar-refractivity contribution >= 4 is 33.0 Å². The first kappa shape index (κ1) is 25.5. The Morgan fingerprint density at radius 2 is 1.60 bits per heavy atom. The lowest BCUT2D eigenvalue weighted by molar-refractivity contribution is -0.385. The van der Waals surface area contributed by atoms with Gasteiger partial charge in [-0.15, -0.1) is 0 Å². The van der Waals surface area contributed by atoms with Gasteiger partial charge in [0.25, 0.3) is 21.6 Å². The molecule has 184 valence electrons. The summed E-state index contributed by atoms with van der Waals surface area (Å²) in [7, 11) is -2.34. The molecule has 0 atom stereocenters. The molecule has 0 spiro atoms. The highest BCUT2D eigenvalue weighted by Crippen LogP contribution is 2.27. The zero-order valence-electron chi connectivity index (χ0n) is 19.4. The van der Waals surface area contributed by atoms with Gasteiger partial charge < -0.3 is 14.8 Å². The number of anilines is 2. The molecule has 0 fully saturated rings. The summed E-state index contributed by atoms with van der Waals surface area (Å²) in [6.45, 7) is 3.54. The van der Waals surface area contributed by atoms with Gasteiger partial charge in [-0.25, -0.2) is 8.42 Å². The third-order valence-corrected chi connectivity index (χ3v) is 6.94. The Morgan fingerprint density at radius 1 is 1.00 bits per heavy atom. The quantitative estimate of drug-likeness (QED) is 0.328. The molecule has 0 bridgehead atoms. The fraction of sp³-hybridized carbons (Fsp3) is 0.208. The Morgan fingerprint density at radius 3 is 2.20 bits per heavy atom. The average molecular weight is 500 g/mol. The number of hydrogen-bond acceptors (Lipinski definition) is 7. The Labute approximate surface area is 203 Å². The molecule has 11 heteroatoms. The molecule has 0 aliphatic rings. The highest BCUT2D eigenvalue weighted by molar-refractivity contribution is 7.92. The number of sulfonamides is 1. The summed E-state index contributed by atoms with van der Waals surface area (Å²) >= 11 is 0. The summed E-state index contributed by atoms with van der Waals surface area (Å²) in [5.74, 6) is 0.444. The van der Waals surface area contributed by atoms with Crippen LogP contribution in [0.3, 0.4) is 0 Å².